The summed E-state index contributed by atoms with van der Waals surface area (Å²) in [5.74, 6) is 2.84. The third kappa shape index (κ3) is 9.38. The molecule has 0 aliphatic carbocycles. The van der Waals surface area contributed by atoms with Crippen LogP contribution in [0.3, 0.4) is 0 Å². The number of hydrogen-bond donors (Lipinski definition) is 0. The van der Waals surface area contributed by atoms with Crippen molar-refractivity contribution in [2.24, 2.45) is 0 Å². The molecule has 2 aromatic rings. The molecule has 13 heteroatoms. The molecule has 10 nitrogen and oxygen atoms in total. The first kappa shape index (κ1) is 34.8. The third-order valence-corrected chi connectivity index (χ3v) is 9.90. The lowest BCUT2D eigenvalue weighted by Gasteiger charge is -2.42. The standard InChI is InChI=1S/C30H40Cl2N3O7P/c1-38-26-10-7-24(22-28(26)40-3)6-5-21-42-43(37,34(15-13-31)16-14-32)35-19-17-33(18-20-35)30(36)12-9-25-8-11-27(39-2)29(23-25)41-4/h5-12,22-23H,13-21H2,1-4H3/b6-5+,12-9+. The van der Waals surface area contributed by atoms with Gasteiger partial charge < -0.3 is 28.4 Å². The minimum absolute atomic E-state index is 0.0971. The number of methoxy groups -OCH3 is 4. The highest BCUT2D eigenvalue weighted by Gasteiger charge is 2.40. The molecule has 236 valence electrons. The van der Waals surface area contributed by atoms with Crippen LogP contribution in [0.15, 0.2) is 48.6 Å². The number of benzene rings is 2. The number of amides is 1. The van der Waals surface area contributed by atoms with Gasteiger partial charge in [0.25, 0.3) is 0 Å². The zero-order valence-corrected chi connectivity index (χ0v) is 27.4. The van der Waals surface area contributed by atoms with Crippen LogP contribution in [0.4, 0.5) is 0 Å². The molecule has 1 amide bonds. The number of piperazine rings is 1. The molecule has 1 fully saturated rings. The molecular weight excluding hydrogens is 616 g/mol. The Kier molecular flexibility index (Phi) is 14.2. The Balaban J connectivity index is 1.67. The molecule has 2 aromatic carbocycles. The molecular formula is C30H40Cl2N3O7P. The van der Waals surface area contributed by atoms with E-state index in [0.29, 0.717) is 62.3 Å². The fourth-order valence-corrected chi connectivity index (χ4v) is 7.58. The molecule has 0 N–H and O–H groups in total. The van der Waals surface area contributed by atoms with Crippen molar-refractivity contribution in [2.45, 2.75) is 0 Å². The molecule has 1 saturated heterocycles. The number of halogens is 2. The number of carbonyl (C=O) groups excluding carboxylic acids is 1. The summed E-state index contributed by atoms with van der Waals surface area (Å²) in [5, 5.41) is 0. The van der Waals surface area contributed by atoms with Crippen LogP contribution in [0.1, 0.15) is 11.1 Å². The van der Waals surface area contributed by atoms with Crippen molar-refractivity contribution >= 4 is 48.9 Å². The van der Waals surface area contributed by atoms with Gasteiger partial charge in [-0.25, -0.2) is 9.34 Å². The summed E-state index contributed by atoms with van der Waals surface area (Å²) in [6, 6.07) is 11.0. The first-order chi connectivity index (χ1) is 20.8. The van der Waals surface area contributed by atoms with E-state index >= 15 is 0 Å². The summed E-state index contributed by atoms with van der Waals surface area (Å²) in [6.07, 6.45) is 6.92. The first-order valence-electron chi connectivity index (χ1n) is 13.8. The zero-order chi connectivity index (χ0) is 31.2. The fourth-order valence-electron chi connectivity index (χ4n) is 4.58. The van der Waals surface area contributed by atoms with Gasteiger partial charge in [0.15, 0.2) is 23.0 Å². The van der Waals surface area contributed by atoms with Crippen molar-refractivity contribution in [1.82, 2.24) is 14.2 Å². The van der Waals surface area contributed by atoms with Crippen LogP contribution in [0.5, 0.6) is 23.0 Å². The number of nitrogens with zero attached hydrogens (tertiary/aromatic N) is 3. The number of alkyl halides is 2. The van der Waals surface area contributed by atoms with Gasteiger partial charge in [-0.3, -0.25) is 9.36 Å². The summed E-state index contributed by atoms with van der Waals surface area (Å²) in [5.41, 5.74) is 1.68. The summed E-state index contributed by atoms with van der Waals surface area (Å²) >= 11 is 12.1. The van der Waals surface area contributed by atoms with Crippen LogP contribution < -0.4 is 18.9 Å². The molecule has 0 bridgehead atoms. The van der Waals surface area contributed by atoms with E-state index < -0.39 is 7.67 Å². The maximum Gasteiger partial charge on any atom is 0.346 e. The van der Waals surface area contributed by atoms with Crippen LogP contribution in [0.25, 0.3) is 12.2 Å². The zero-order valence-electron chi connectivity index (χ0n) is 25.0. The van der Waals surface area contributed by atoms with Crippen LogP contribution in [-0.4, -0.2) is 106 Å². The van der Waals surface area contributed by atoms with E-state index in [2.05, 4.69) is 0 Å². The van der Waals surface area contributed by atoms with E-state index in [1.165, 1.54) is 6.08 Å². The lowest BCUT2D eigenvalue weighted by Crippen LogP contribution is -2.49. The molecule has 1 aliphatic heterocycles. The Hall–Kier alpha value is -2.72. The lowest BCUT2D eigenvalue weighted by atomic mass is 10.2. The topological polar surface area (TPSA) is 90.0 Å². The molecule has 43 heavy (non-hydrogen) atoms. The van der Waals surface area contributed by atoms with E-state index in [9.17, 15) is 9.36 Å². The van der Waals surface area contributed by atoms with Crippen molar-refractivity contribution in [3.05, 3.63) is 59.7 Å². The van der Waals surface area contributed by atoms with Crippen molar-refractivity contribution in [3.63, 3.8) is 0 Å². The van der Waals surface area contributed by atoms with Crippen LogP contribution >= 0.6 is 30.9 Å². The predicted octanol–water partition coefficient (Wildman–Crippen LogP) is 5.50. The van der Waals surface area contributed by atoms with Crippen molar-refractivity contribution in [2.75, 3.05) is 86.1 Å². The first-order valence-corrected chi connectivity index (χ1v) is 16.4. The number of hydrogen-bond acceptors (Lipinski definition) is 7. The van der Waals surface area contributed by atoms with Crippen molar-refractivity contribution in [1.29, 1.82) is 0 Å². The van der Waals surface area contributed by atoms with E-state index in [-0.39, 0.29) is 24.3 Å². The largest absolute Gasteiger partial charge is 0.493 e. The summed E-state index contributed by atoms with van der Waals surface area (Å²) in [6.45, 7) is 2.30. The van der Waals surface area contributed by atoms with Gasteiger partial charge in [0.1, 0.15) is 0 Å². The molecule has 1 unspecified atom stereocenters. The second-order valence-corrected chi connectivity index (χ2v) is 12.5. The molecule has 0 spiro atoms. The third-order valence-electron chi connectivity index (χ3n) is 6.85. The Morgan fingerprint density at radius 2 is 1.33 bits per heavy atom. The predicted molar refractivity (Wildman–Crippen MR) is 172 cm³/mol. The Labute approximate surface area is 264 Å². The number of ether oxygens (including phenoxy) is 4. The number of carbonyl (C=O) groups is 1. The molecule has 0 radical (unpaired) electrons. The molecule has 1 aliphatic rings. The normalized spacial score (nSPS) is 15.7. The van der Waals surface area contributed by atoms with Gasteiger partial charge in [0.05, 0.1) is 35.0 Å². The van der Waals surface area contributed by atoms with Crippen molar-refractivity contribution in [3.8, 4) is 23.0 Å². The van der Waals surface area contributed by atoms with E-state index in [1.807, 2.05) is 30.3 Å². The fraction of sp³-hybridized carbons (Fsp3) is 0.433. The molecule has 1 atom stereocenters. The van der Waals surface area contributed by atoms with Crippen LogP contribution in [0, 0.1) is 0 Å². The highest BCUT2D eigenvalue weighted by Crippen LogP contribution is 2.54. The number of rotatable bonds is 16. The van der Waals surface area contributed by atoms with E-state index in [1.54, 1.807) is 67.0 Å². The van der Waals surface area contributed by atoms with Gasteiger partial charge in [-0.1, -0.05) is 24.3 Å². The van der Waals surface area contributed by atoms with Crippen molar-refractivity contribution < 1.29 is 32.8 Å². The SMILES string of the molecule is COc1ccc(/C=C/COP(=O)(N(CCCl)CCCl)N2CCN(C(=O)/C=C/c3ccc(OC)c(OC)c3)CC2)cc1OC. The smallest absolute Gasteiger partial charge is 0.346 e. The lowest BCUT2D eigenvalue weighted by molar-refractivity contribution is -0.127. The molecule has 1 heterocycles. The van der Waals surface area contributed by atoms with Crippen LogP contribution in [-0.2, 0) is 13.9 Å². The minimum atomic E-state index is -3.50. The summed E-state index contributed by atoms with van der Waals surface area (Å²) in [7, 11) is 2.79. The highest BCUT2D eigenvalue weighted by atomic mass is 35.5. The van der Waals surface area contributed by atoms with E-state index in [0.717, 1.165) is 11.1 Å². The minimum Gasteiger partial charge on any atom is -0.493 e. The van der Waals surface area contributed by atoms with Gasteiger partial charge in [-0.2, -0.15) is 0 Å². The quantitative estimate of drug-likeness (QED) is 0.132. The molecule has 0 aromatic heterocycles. The van der Waals surface area contributed by atoms with Gasteiger partial charge in [0, 0.05) is 57.1 Å². The second-order valence-electron chi connectivity index (χ2n) is 9.36. The maximum atomic E-state index is 14.4. The van der Waals surface area contributed by atoms with E-state index in [4.69, 9.17) is 46.7 Å². The Morgan fingerprint density at radius 3 is 1.81 bits per heavy atom. The average Bonchev–Trinajstić information content (AvgIpc) is 3.05. The second kappa shape index (κ2) is 17.5. The summed E-state index contributed by atoms with van der Waals surface area (Å²) < 4.78 is 45.3. The monoisotopic (exact) mass is 655 g/mol. The summed E-state index contributed by atoms with van der Waals surface area (Å²) in [4.78, 5) is 14.7. The maximum absolute atomic E-state index is 14.4. The molecule has 0 saturated carbocycles. The van der Waals surface area contributed by atoms with Gasteiger partial charge in [-0.05, 0) is 41.5 Å². The van der Waals surface area contributed by atoms with Gasteiger partial charge in [0.2, 0.25) is 5.91 Å². The highest BCUT2D eigenvalue weighted by molar-refractivity contribution is 7.54. The Bertz CT molecular complexity index is 1300. The van der Waals surface area contributed by atoms with Gasteiger partial charge >= 0.3 is 7.67 Å². The Morgan fingerprint density at radius 1 is 0.814 bits per heavy atom. The molecule has 3 rings (SSSR count). The average molecular weight is 657 g/mol. The van der Waals surface area contributed by atoms with Crippen LogP contribution in [0.2, 0.25) is 0 Å². The van der Waals surface area contributed by atoms with Gasteiger partial charge in [-0.15, -0.1) is 23.2 Å².